The zero-order valence-electron chi connectivity index (χ0n) is 7.62. The summed E-state index contributed by atoms with van der Waals surface area (Å²) in [6.07, 6.45) is 0. The molecule has 0 fully saturated rings. The van der Waals surface area contributed by atoms with Crippen LogP contribution >= 0.6 is 15.9 Å². The number of halogens is 1. The highest BCUT2D eigenvalue weighted by molar-refractivity contribution is 9.10. The van der Waals surface area contributed by atoms with Gasteiger partial charge in [0.1, 0.15) is 4.83 Å². The largest absolute Gasteiger partial charge is 0.468 e. The lowest BCUT2D eigenvalue weighted by atomic mass is 10.4. The molecule has 13 heavy (non-hydrogen) atoms. The van der Waals surface area contributed by atoms with Gasteiger partial charge >= 0.3 is 5.97 Å². The second-order valence-corrected chi connectivity index (χ2v) is 3.76. The van der Waals surface area contributed by atoms with Gasteiger partial charge in [-0.15, -0.1) is 0 Å². The number of likely N-dealkylation sites (N-methyl/N-ethyl adjacent to an activating group) is 1. The third-order valence-corrected chi connectivity index (χ3v) is 2.02. The third-order valence-electron chi connectivity index (χ3n) is 1.35. The molecule has 0 saturated carbocycles. The molecule has 0 aromatic rings. The van der Waals surface area contributed by atoms with Gasteiger partial charge in [0.05, 0.1) is 13.7 Å². The highest BCUT2D eigenvalue weighted by Gasteiger charge is 2.17. The van der Waals surface area contributed by atoms with Crippen LogP contribution in [0.5, 0.6) is 0 Å². The summed E-state index contributed by atoms with van der Waals surface area (Å²) in [6, 6.07) is 0. The van der Waals surface area contributed by atoms with E-state index in [-0.39, 0.29) is 12.5 Å². The topological polar surface area (TPSA) is 72.6 Å². The Morgan fingerprint density at radius 2 is 2.15 bits per heavy atom. The summed E-state index contributed by atoms with van der Waals surface area (Å²) >= 11 is 3.13. The molecule has 0 aromatic carbocycles. The van der Waals surface area contributed by atoms with Crippen molar-refractivity contribution >= 4 is 27.8 Å². The zero-order chi connectivity index (χ0) is 10.4. The molecule has 0 aliphatic carbocycles. The standard InChI is InChI=1S/C7H13BrN2O3/c1-10(4-6(9)11)3-5(8)7(12)13-2/h5H,3-4H2,1-2H3,(H2,9,11). The molecule has 0 heterocycles. The van der Waals surface area contributed by atoms with E-state index in [0.717, 1.165) is 0 Å². The first-order valence-electron chi connectivity index (χ1n) is 3.66. The first kappa shape index (κ1) is 12.4. The molecule has 76 valence electrons. The van der Waals surface area contributed by atoms with Crippen LogP contribution in [0.4, 0.5) is 0 Å². The van der Waals surface area contributed by atoms with Gasteiger partial charge in [-0.3, -0.25) is 14.5 Å². The normalized spacial score (nSPS) is 12.6. The number of hydrogen-bond donors (Lipinski definition) is 1. The van der Waals surface area contributed by atoms with Gasteiger partial charge < -0.3 is 10.5 Å². The van der Waals surface area contributed by atoms with Crippen LogP contribution in [0.25, 0.3) is 0 Å². The molecular weight excluding hydrogens is 240 g/mol. The van der Waals surface area contributed by atoms with Crippen LogP contribution in [-0.4, -0.2) is 48.9 Å². The fourth-order valence-electron chi connectivity index (χ4n) is 0.807. The predicted octanol–water partition coefficient (Wildman–Crippen LogP) is -0.660. The first-order valence-corrected chi connectivity index (χ1v) is 4.57. The number of carbonyl (C=O) groups is 2. The van der Waals surface area contributed by atoms with Crippen LogP contribution < -0.4 is 5.73 Å². The molecule has 6 heteroatoms. The highest BCUT2D eigenvalue weighted by atomic mass is 79.9. The van der Waals surface area contributed by atoms with E-state index in [4.69, 9.17) is 5.73 Å². The van der Waals surface area contributed by atoms with Crippen molar-refractivity contribution in [2.24, 2.45) is 5.73 Å². The summed E-state index contributed by atoms with van der Waals surface area (Å²) in [5.74, 6) is -0.789. The van der Waals surface area contributed by atoms with Crippen LogP contribution in [-0.2, 0) is 14.3 Å². The number of amides is 1. The second-order valence-electron chi connectivity index (χ2n) is 2.65. The molecule has 0 aliphatic rings. The molecule has 1 amide bonds. The molecule has 1 atom stereocenters. The highest BCUT2D eigenvalue weighted by Crippen LogP contribution is 2.03. The van der Waals surface area contributed by atoms with Gasteiger partial charge in [-0.25, -0.2) is 0 Å². The molecule has 5 nitrogen and oxygen atoms in total. The smallest absolute Gasteiger partial charge is 0.320 e. The number of nitrogens with zero attached hydrogens (tertiary/aromatic N) is 1. The van der Waals surface area contributed by atoms with Crippen molar-refractivity contribution in [2.45, 2.75) is 4.83 Å². The predicted molar refractivity (Wildman–Crippen MR) is 51.4 cm³/mol. The molecule has 0 saturated heterocycles. The number of primary amides is 1. The van der Waals surface area contributed by atoms with Gasteiger partial charge in [0.25, 0.3) is 0 Å². The third kappa shape index (κ3) is 5.59. The number of alkyl halides is 1. The van der Waals surface area contributed by atoms with Crippen molar-refractivity contribution < 1.29 is 14.3 Å². The SMILES string of the molecule is COC(=O)C(Br)CN(C)CC(N)=O. The Morgan fingerprint density at radius 1 is 1.62 bits per heavy atom. The van der Waals surface area contributed by atoms with E-state index in [9.17, 15) is 9.59 Å². The van der Waals surface area contributed by atoms with Crippen molar-refractivity contribution in [1.29, 1.82) is 0 Å². The lowest BCUT2D eigenvalue weighted by Crippen LogP contribution is -2.37. The summed E-state index contributed by atoms with van der Waals surface area (Å²) in [5, 5.41) is 0. The van der Waals surface area contributed by atoms with Gasteiger partial charge in [-0.1, -0.05) is 15.9 Å². The van der Waals surface area contributed by atoms with Crippen molar-refractivity contribution in [3.8, 4) is 0 Å². The van der Waals surface area contributed by atoms with Gasteiger partial charge in [-0.2, -0.15) is 0 Å². The number of rotatable bonds is 5. The Bertz CT molecular complexity index is 198. The Hall–Kier alpha value is -0.620. The van der Waals surface area contributed by atoms with Gasteiger partial charge in [0, 0.05) is 6.54 Å². The van der Waals surface area contributed by atoms with Crippen LogP contribution in [0.2, 0.25) is 0 Å². The molecule has 0 rings (SSSR count). The van der Waals surface area contributed by atoms with Crippen molar-refractivity contribution in [1.82, 2.24) is 4.90 Å². The first-order chi connectivity index (χ1) is 5.97. The Morgan fingerprint density at radius 3 is 2.54 bits per heavy atom. The molecule has 1 unspecified atom stereocenters. The van der Waals surface area contributed by atoms with E-state index < -0.39 is 10.7 Å². The minimum atomic E-state index is -0.429. The molecular formula is C7H13BrN2O3. The molecule has 0 aromatic heterocycles. The minimum absolute atomic E-state index is 0.124. The summed E-state index contributed by atoms with van der Waals surface area (Å²) < 4.78 is 4.49. The van der Waals surface area contributed by atoms with Gasteiger partial charge in [0.2, 0.25) is 5.91 Å². The lowest BCUT2D eigenvalue weighted by Gasteiger charge is -2.16. The lowest BCUT2D eigenvalue weighted by molar-refractivity contribution is -0.140. The number of hydrogen-bond acceptors (Lipinski definition) is 4. The quantitative estimate of drug-likeness (QED) is 0.521. The van der Waals surface area contributed by atoms with E-state index in [1.54, 1.807) is 11.9 Å². The number of methoxy groups -OCH3 is 1. The monoisotopic (exact) mass is 252 g/mol. The number of ether oxygens (including phenoxy) is 1. The fourth-order valence-corrected chi connectivity index (χ4v) is 1.49. The minimum Gasteiger partial charge on any atom is -0.468 e. The van der Waals surface area contributed by atoms with E-state index in [1.807, 2.05) is 0 Å². The van der Waals surface area contributed by atoms with E-state index in [1.165, 1.54) is 7.11 Å². The molecule has 0 radical (unpaired) electrons. The van der Waals surface area contributed by atoms with Gasteiger partial charge in [0.15, 0.2) is 0 Å². The van der Waals surface area contributed by atoms with Crippen molar-refractivity contribution in [3.05, 3.63) is 0 Å². The van der Waals surface area contributed by atoms with Crippen LogP contribution in [0.15, 0.2) is 0 Å². The Labute approximate surface area is 85.3 Å². The van der Waals surface area contributed by atoms with Crippen molar-refractivity contribution in [2.75, 3.05) is 27.2 Å². The summed E-state index contributed by atoms with van der Waals surface area (Å²) in [5.41, 5.74) is 4.97. The van der Waals surface area contributed by atoms with Crippen LogP contribution in [0, 0.1) is 0 Å². The number of carbonyl (C=O) groups excluding carboxylic acids is 2. The molecule has 0 bridgehead atoms. The Balaban J connectivity index is 3.83. The van der Waals surface area contributed by atoms with Crippen LogP contribution in [0.3, 0.4) is 0 Å². The fraction of sp³-hybridized carbons (Fsp3) is 0.714. The van der Waals surface area contributed by atoms with E-state index >= 15 is 0 Å². The average molecular weight is 253 g/mol. The average Bonchev–Trinajstić information content (AvgIpc) is 2.01. The maximum Gasteiger partial charge on any atom is 0.320 e. The molecule has 2 N–H and O–H groups in total. The summed E-state index contributed by atoms with van der Waals surface area (Å²) in [7, 11) is 3.01. The van der Waals surface area contributed by atoms with E-state index in [2.05, 4.69) is 20.7 Å². The van der Waals surface area contributed by atoms with E-state index in [0.29, 0.717) is 6.54 Å². The molecule has 0 aliphatic heterocycles. The van der Waals surface area contributed by atoms with Crippen LogP contribution in [0.1, 0.15) is 0 Å². The Kier molecular flexibility index (Phi) is 5.65. The summed E-state index contributed by atoms with van der Waals surface area (Å²) in [4.78, 5) is 22.6. The molecule has 0 spiro atoms. The maximum absolute atomic E-state index is 10.9. The number of nitrogens with two attached hydrogens (primary N) is 1. The maximum atomic E-state index is 10.9. The summed E-state index contributed by atoms with van der Waals surface area (Å²) in [6.45, 7) is 0.509. The second kappa shape index (κ2) is 5.93. The number of esters is 1. The van der Waals surface area contributed by atoms with Crippen molar-refractivity contribution in [3.63, 3.8) is 0 Å². The van der Waals surface area contributed by atoms with Gasteiger partial charge in [-0.05, 0) is 7.05 Å². The zero-order valence-corrected chi connectivity index (χ0v) is 9.20.